The summed E-state index contributed by atoms with van der Waals surface area (Å²) in [6, 6.07) is 13.5. The van der Waals surface area contributed by atoms with Gasteiger partial charge in [-0.15, -0.1) is 0 Å². The topological polar surface area (TPSA) is 84.5 Å². The number of nitrogens with one attached hydrogen (secondary N) is 2. The maximum Gasteiger partial charge on any atom is 0.306 e. The van der Waals surface area contributed by atoms with Crippen LogP contribution in [0.1, 0.15) is 12.8 Å². The molecule has 0 unspecified atom stereocenters. The lowest BCUT2D eigenvalue weighted by molar-refractivity contribution is -0.147. The summed E-state index contributed by atoms with van der Waals surface area (Å²) in [5, 5.41) is 5.84. The third-order valence-electron chi connectivity index (χ3n) is 3.18. The van der Waals surface area contributed by atoms with Gasteiger partial charge in [-0.3, -0.25) is 14.4 Å². The molecule has 0 bridgehead atoms. The number of anilines is 2. The quantitative estimate of drug-likeness (QED) is 0.697. The Morgan fingerprint density at radius 2 is 1.50 bits per heavy atom. The Kier molecular flexibility index (Phi) is 7.44. The second-order valence-corrected chi connectivity index (χ2v) is 6.07. The molecule has 0 fully saturated rings. The van der Waals surface area contributed by atoms with Crippen molar-refractivity contribution in [2.45, 2.75) is 12.8 Å². The predicted octanol–water partition coefficient (Wildman–Crippen LogP) is 3.89. The molecule has 26 heavy (non-hydrogen) atoms. The van der Waals surface area contributed by atoms with Gasteiger partial charge in [-0.05, 0) is 30.3 Å². The average Bonchev–Trinajstić information content (AvgIpc) is 2.62. The van der Waals surface area contributed by atoms with E-state index in [0.29, 0.717) is 21.4 Å². The van der Waals surface area contributed by atoms with Crippen molar-refractivity contribution in [3.8, 4) is 0 Å². The van der Waals surface area contributed by atoms with Crippen LogP contribution in [0.3, 0.4) is 0 Å². The maximum atomic E-state index is 11.7. The van der Waals surface area contributed by atoms with Gasteiger partial charge < -0.3 is 15.4 Å². The Morgan fingerprint density at radius 1 is 0.808 bits per heavy atom. The molecule has 2 N–H and O–H groups in total. The highest BCUT2D eigenvalue weighted by Crippen LogP contribution is 2.24. The van der Waals surface area contributed by atoms with Gasteiger partial charge in [0.05, 0.1) is 16.5 Å². The number of amides is 2. The van der Waals surface area contributed by atoms with Crippen molar-refractivity contribution in [2.75, 3.05) is 17.2 Å². The molecule has 6 nitrogen and oxygen atoms in total. The number of para-hydroxylation sites is 1. The zero-order chi connectivity index (χ0) is 18.9. The molecule has 0 saturated carbocycles. The Labute approximate surface area is 160 Å². The summed E-state index contributed by atoms with van der Waals surface area (Å²) in [5.41, 5.74) is 1.08. The first-order valence-corrected chi connectivity index (χ1v) is 8.45. The van der Waals surface area contributed by atoms with Crippen LogP contribution in [0.25, 0.3) is 0 Å². The Morgan fingerprint density at radius 3 is 2.19 bits per heavy atom. The number of ether oxygens (including phenoxy) is 1. The van der Waals surface area contributed by atoms with Crippen LogP contribution in [0, 0.1) is 0 Å². The molecule has 0 heterocycles. The van der Waals surface area contributed by atoms with Crippen molar-refractivity contribution in [1.29, 1.82) is 0 Å². The highest BCUT2D eigenvalue weighted by molar-refractivity contribution is 6.42. The molecule has 0 atom stereocenters. The maximum absolute atomic E-state index is 11.7. The van der Waals surface area contributed by atoms with E-state index in [1.165, 1.54) is 12.1 Å². The lowest BCUT2D eigenvalue weighted by Crippen LogP contribution is -2.21. The molecule has 0 aliphatic carbocycles. The molecule has 0 aromatic heterocycles. The Balaban J connectivity index is 1.68. The minimum Gasteiger partial charge on any atom is -0.456 e. The zero-order valence-electron chi connectivity index (χ0n) is 13.6. The number of carbonyl (C=O) groups excluding carboxylic acids is 3. The largest absolute Gasteiger partial charge is 0.456 e. The molecule has 136 valence electrons. The molecular formula is C18H16Cl2N2O4. The first-order chi connectivity index (χ1) is 12.4. The van der Waals surface area contributed by atoms with Crippen LogP contribution in [0.5, 0.6) is 0 Å². The van der Waals surface area contributed by atoms with Crippen molar-refractivity contribution in [2.24, 2.45) is 0 Å². The average molecular weight is 395 g/mol. The van der Waals surface area contributed by atoms with E-state index >= 15 is 0 Å². The van der Waals surface area contributed by atoms with E-state index in [1.54, 1.807) is 30.3 Å². The Bertz CT molecular complexity index is 797. The molecule has 0 radical (unpaired) electrons. The monoisotopic (exact) mass is 394 g/mol. The summed E-state index contributed by atoms with van der Waals surface area (Å²) in [6.45, 7) is -0.459. The number of esters is 1. The van der Waals surface area contributed by atoms with E-state index < -0.39 is 18.5 Å². The number of benzene rings is 2. The third kappa shape index (κ3) is 6.74. The first kappa shape index (κ1) is 19.8. The predicted molar refractivity (Wildman–Crippen MR) is 100 cm³/mol. The smallest absolute Gasteiger partial charge is 0.306 e. The van der Waals surface area contributed by atoms with E-state index in [1.807, 2.05) is 6.07 Å². The van der Waals surface area contributed by atoms with Gasteiger partial charge >= 0.3 is 5.97 Å². The lowest BCUT2D eigenvalue weighted by Gasteiger charge is -2.08. The van der Waals surface area contributed by atoms with E-state index in [9.17, 15) is 14.4 Å². The van der Waals surface area contributed by atoms with Crippen LogP contribution >= 0.6 is 23.2 Å². The van der Waals surface area contributed by atoms with Crippen LogP contribution in [0.15, 0.2) is 48.5 Å². The fraction of sp³-hybridized carbons (Fsp3) is 0.167. The van der Waals surface area contributed by atoms with Gasteiger partial charge in [-0.25, -0.2) is 0 Å². The number of hydrogen-bond acceptors (Lipinski definition) is 4. The van der Waals surface area contributed by atoms with E-state index in [-0.39, 0.29) is 18.7 Å². The summed E-state index contributed by atoms with van der Waals surface area (Å²) in [5.74, 6) is -1.48. The SMILES string of the molecule is O=C(CCC(=O)OCC(=O)Nc1ccc(Cl)c(Cl)c1)Nc1ccccc1. The molecule has 0 saturated heterocycles. The molecule has 2 amide bonds. The van der Waals surface area contributed by atoms with Crippen molar-refractivity contribution in [3.63, 3.8) is 0 Å². The summed E-state index contributed by atoms with van der Waals surface area (Å²) >= 11 is 11.6. The third-order valence-corrected chi connectivity index (χ3v) is 3.92. The molecule has 2 aromatic carbocycles. The second-order valence-electron chi connectivity index (χ2n) is 5.25. The normalized spacial score (nSPS) is 10.1. The number of rotatable bonds is 7. The standard InChI is InChI=1S/C18H16Cl2N2O4/c19-14-7-6-13(10-15(14)20)22-17(24)11-26-18(25)9-8-16(23)21-12-4-2-1-3-5-12/h1-7,10H,8-9,11H2,(H,21,23)(H,22,24). The van der Waals surface area contributed by atoms with E-state index in [4.69, 9.17) is 27.9 Å². The molecule has 2 aromatic rings. The van der Waals surface area contributed by atoms with E-state index in [2.05, 4.69) is 10.6 Å². The summed E-state index contributed by atoms with van der Waals surface area (Å²) in [4.78, 5) is 35.1. The molecule has 2 rings (SSSR count). The van der Waals surface area contributed by atoms with Crippen molar-refractivity contribution in [3.05, 3.63) is 58.6 Å². The number of halogens is 2. The molecule has 8 heteroatoms. The summed E-state index contributed by atoms with van der Waals surface area (Å²) in [7, 11) is 0. The van der Waals surface area contributed by atoms with E-state index in [0.717, 1.165) is 0 Å². The van der Waals surface area contributed by atoms with Crippen LogP contribution < -0.4 is 10.6 Å². The van der Waals surface area contributed by atoms with Gasteiger partial charge in [0.1, 0.15) is 0 Å². The highest BCUT2D eigenvalue weighted by Gasteiger charge is 2.11. The molecule has 0 spiro atoms. The van der Waals surface area contributed by atoms with Crippen LogP contribution in [-0.4, -0.2) is 24.4 Å². The fourth-order valence-electron chi connectivity index (χ4n) is 1.95. The fourth-order valence-corrected chi connectivity index (χ4v) is 2.25. The Hall–Kier alpha value is -2.57. The summed E-state index contributed by atoms with van der Waals surface area (Å²) in [6.07, 6.45) is -0.166. The molecular weight excluding hydrogens is 379 g/mol. The van der Waals surface area contributed by atoms with Crippen molar-refractivity contribution in [1.82, 2.24) is 0 Å². The van der Waals surface area contributed by atoms with Gasteiger partial charge in [-0.1, -0.05) is 41.4 Å². The van der Waals surface area contributed by atoms with Gasteiger partial charge in [0.25, 0.3) is 5.91 Å². The molecule has 0 aliphatic heterocycles. The zero-order valence-corrected chi connectivity index (χ0v) is 15.1. The highest BCUT2D eigenvalue weighted by atomic mass is 35.5. The van der Waals surface area contributed by atoms with Gasteiger partial charge in [0, 0.05) is 17.8 Å². The van der Waals surface area contributed by atoms with Gasteiger partial charge in [0.2, 0.25) is 5.91 Å². The first-order valence-electron chi connectivity index (χ1n) is 7.69. The van der Waals surface area contributed by atoms with Crippen LogP contribution in [0.4, 0.5) is 11.4 Å². The minimum atomic E-state index is -0.641. The van der Waals surface area contributed by atoms with Gasteiger partial charge in [0.15, 0.2) is 6.61 Å². The molecule has 0 aliphatic rings. The van der Waals surface area contributed by atoms with Crippen LogP contribution in [-0.2, 0) is 19.1 Å². The van der Waals surface area contributed by atoms with Crippen LogP contribution in [0.2, 0.25) is 10.0 Å². The number of carbonyl (C=O) groups is 3. The van der Waals surface area contributed by atoms with Gasteiger partial charge in [-0.2, -0.15) is 0 Å². The summed E-state index contributed by atoms with van der Waals surface area (Å²) < 4.78 is 4.84. The lowest BCUT2D eigenvalue weighted by atomic mass is 10.2. The minimum absolute atomic E-state index is 0.0395. The van der Waals surface area contributed by atoms with Crippen molar-refractivity contribution >= 4 is 52.4 Å². The number of hydrogen-bond donors (Lipinski definition) is 2. The van der Waals surface area contributed by atoms with Crippen molar-refractivity contribution < 1.29 is 19.1 Å². The second kappa shape index (κ2) is 9.79.